The molecular formula is C21H32F2O2S. The van der Waals surface area contributed by atoms with Crippen LogP contribution >= 0.6 is 0 Å². The largest absolute Gasteiger partial charge is 0.224 e. The van der Waals surface area contributed by atoms with Gasteiger partial charge in [0.05, 0.1) is 4.90 Å². The number of hydrogen-bond donors (Lipinski definition) is 0. The van der Waals surface area contributed by atoms with E-state index in [-0.39, 0.29) is 10.5 Å². The standard InChI is InChI=1S/C13H10F2O2S.2C3H8.C2H6/c1-18(16,17)11-5-2-9(3-6-11)12-7-4-10(14)8-13(12)15;2*1-3-2;1-2/h2-8H,1H3;2*3H2,1-2H3;1-2H3. The lowest BCUT2D eigenvalue weighted by atomic mass is 10.1. The number of sulfone groups is 1. The Balaban J connectivity index is 0. The highest BCUT2D eigenvalue weighted by atomic mass is 32.2. The van der Waals surface area contributed by atoms with E-state index in [4.69, 9.17) is 0 Å². The van der Waals surface area contributed by atoms with Crippen LogP contribution in [0.4, 0.5) is 8.78 Å². The number of rotatable bonds is 2. The van der Waals surface area contributed by atoms with Gasteiger partial charge in [0.2, 0.25) is 0 Å². The van der Waals surface area contributed by atoms with Gasteiger partial charge in [-0.15, -0.1) is 0 Å². The molecule has 0 aliphatic heterocycles. The molecule has 2 aromatic carbocycles. The van der Waals surface area contributed by atoms with Crippen LogP contribution in [0.2, 0.25) is 0 Å². The molecule has 0 heterocycles. The molecular weight excluding hydrogens is 354 g/mol. The normalized spacial score (nSPS) is 9.58. The van der Waals surface area contributed by atoms with Crippen LogP contribution in [-0.2, 0) is 9.84 Å². The maximum absolute atomic E-state index is 13.5. The first kappa shape index (κ1) is 26.5. The first-order valence-electron chi connectivity index (χ1n) is 8.96. The summed E-state index contributed by atoms with van der Waals surface area (Å²) in [5, 5.41) is 0. The fraction of sp³-hybridized carbons (Fsp3) is 0.429. The molecule has 5 heteroatoms. The maximum Gasteiger partial charge on any atom is 0.175 e. The van der Waals surface area contributed by atoms with Crippen LogP contribution in [0.15, 0.2) is 47.4 Å². The van der Waals surface area contributed by atoms with Crippen molar-refractivity contribution in [3.63, 3.8) is 0 Å². The van der Waals surface area contributed by atoms with Crippen molar-refractivity contribution in [2.45, 2.75) is 59.3 Å². The van der Waals surface area contributed by atoms with Crippen LogP contribution < -0.4 is 0 Å². The molecule has 0 spiro atoms. The summed E-state index contributed by atoms with van der Waals surface area (Å²) < 4.78 is 48.8. The third-order valence-corrected chi connectivity index (χ3v) is 3.65. The minimum atomic E-state index is -3.27. The quantitative estimate of drug-likeness (QED) is 0.563. The second-order valence-electron chi connectivity index (χ2n) is 5.33. The Labute approximate surface area is 158 Å². The van der Waals surface area contributed by atoms with Gasteiger partial charge in [0, 0.05) is 17.9 Å². The summed E-state index contributed by atoms with van der Waals surface area (Å²) in [6.45, 7) is 12.5. The van der Waals surface area contributed by atoms with Crippen molar-refractivity contribution in [2.24, 2.45) is 0 Å². The molecule has 2 nitrogen and oxygen atoms in total. The SMILES string of the molecule is CC.CCC.CCC.CS(=O)(=O)c1ccc(-c2ccc(F)cc2F)cc1. The molecule has 0 radical (unpaired) electrons. The molecule has 2 rings (SSSR count). The van der Waals surface area contributed by atoms with E-state index < -0.39 is 21.5 Å². The van der Waals surface area contributed by atoms with Gasteiger partial charge in [0.15, 0.2) is 9.84 Å². The summed E-state index contributed by atoms with van der Waals surface area (Å²) >= 11 is 0. The Morgan fingerprint density at radius 2 is 1.23 bits per heavy atom. The summed E-state index contributed by atoms with van der Waals surface area (Å²) in [6, 6.07) is 9.04. The topological polar surface area (TPSA) is 34.1 Å². The maximum atomic E-state index is 13.5. The highest BCUT2D eigenvalue weighted by Crippen LogP contribution is 2.24. The van der Waals surface area contributed by atoms with Gasteiger partial charge in [0.1, 0.15) is 11.6 Å². The molecule has 2 aromatic rings. The van der Waals surface area contributed by atoms with Crippen molar-refractivity contribution < 1.29 is 17.2 Å². The Morgan fingerprint density at radius 1 is 0.808 bits per heavy atom. The van der Waals surface area contributed by atoms with Crippen LogP contribution in [0.5, 0.6) is 0 Å². The molecule has 0 aromatic heterocycles. The number of halogens is 2. The van der Waals surface area contributed by atoms with E-state index in [1.54, 1.807) is 0 Å². The fourth-order valence-electron chi connectivity index (χ4n) is 1.61. The lowest BCUT2D eigenvalue weighted by Crippen LogP contribution is -1.96. The molecule has 0 fully saturated rings. The zero-order chi connectivity index (χ0) is 20.8. The second kappa shape index (κ2) is 14.4. The highest BCUT2D eigenvalue weighted by molar-refractivity contribution is 7.90. The highest BCUT2D eigenvalue weighted by Gasteiger charge is 2.09. The molecule has 0 saturated carbocycles. The molecule has 26 heavy (non-hydrogen) atoms. The molecule has 0 N–H and O–H groups in total. The molecule has 0 aliphatic carbocycles. The first-order chi connectivity index (χ1) is 12.2. The van der Waals surface area contributed by atoms with Gasteiger partial charge in [-0.25, -0.2) is 17.2 Å². The van der Waals surface area contributed by atoms with E-state index in [0.29, 0.717) is 5.56 Å². The van der Waals surface area contributed by atoms with Crippen LogP contribution in [0.3, 0.4) is 0 Å². The molecule has 0 unspecified atom stereocenters. The zero-order valence-electron chi connectivity index (χ0n) is 16.9. The Hall–Kier alpha value is -1.75. The van der Waals surface area contributed by atoms with Crippen LogP contribution in [0, 0.1) is 11.6 Å². The summed E-state index contributed by atoms with van der Waals surface area (Å²) in [5.74, 6) is -1.33. The van der Waals surface area contributed by atoms with E-state index in [2.05, 4.69) is 27.7 Å². The Morgan fingerprint density at radius 3 is 1.58 bits per heavy atom. The lowest BCUT2D eigenvalue weighted by Gasteiger charge is -2.04. The lowest BCUT2D eigenvalue weighted by molar-refractivity contribution is 0.585. The van der Waals surface area contributed by atoms with Gasteiger partial charge in [-0.2, -0.15) is 0 Å². The Kier molecular flexibility index (Phi) is 14.7. The van der Waals surface area contributed by atoms with Crippen LogP contribution in [0.1, 0.15) is 54.4 Å². The van der Waals surface area contributed by atoms with Crippen molar-refractivity contribution in [3.8, 4) is 11.1 Å². The van der Waals surface area contributed by atoms with E-state index in [1.807, 2.05) is 13.8 Å². The first-order valence-corrected chi connectivity index (χ1v) is 10.9. The summed E-state index contributed by atoms with van der Waals surface area (Å²) in [4.78, 5) is 0.161. The van der Waals surface area contributed by atoms with E-state index in [0.717, 1.165) is 18.4 Å². The van der Waals surface area contributed by atoms with Gasteiger partial charge in [-0.3, -0.25) is 0 Å². The van der Waals surface area contributed by atoms with Gasteiger partial charge < -0.3 is 0 Å². The van der Waals surface area contributed by atoms with Crippen LogP contribution in [-0.4, -0.2) is 14.7 Å². The molecule has 0 bridgehead atoms. The van der Waals surface area contributed by atoms with Crippen LogP contribution in [0.25, 0.3) is 11.1 Å². The molecule has 0 amide bonds. The second-order valence-corrected chi connectivity index (χ2v) is 7.35. The van der Waals surface area contributed by atoms with Crippen molar-refractivity contribution >= 4 is 9.84 Å². The van der Waals surface area contributed by atoms with Crippen molar-refractivity contribution in [3.05, 3.63) is 54.1 Å². The minimum Gasteiger partial charge on any atom is -0.224 e. The van der Waals surface area contributed by atoms with E-state index in [1.165, 1.54) is 43.2 Å². The summed E-state index contributed by atoms with van der Waals surface area (Å²) in [7, 11) is -3.27. The average Bonchev–Trinajstić information content (AvgIpc) is 2.57. The van der Waals surface area contributed by atoms with Gasteiger partial charge in [0.25, 0.3) is 0 Å². The van der Waals surface area contributed by atoms with Crippen molar-refractivity contribution in [2.75, 3.05) is 6.26 Å². The molecule has 0 atom stereocenters. The molecule has 148 valence electrons. The number of hydrogen-bond acceptors (Lipinski definition) is 2. The van der Waals surface area contributed by atoms with E-state index >= 15 is 0 Å². The Bertz CT molecular complexity index is 707. The number of benzene rings is 2. The average molecular weight is 387 g/mol. The van der Waals surface area contributed by atoms with Gasteiger partial charge >= 0.3 is 0 Å². The summed E-state index contributed by atoms with van der Waals surface area (Å²) in [5.41, 5.74) is 0.733. The smallest absolute Gasteiger partial charge is 0.175 e. The zero-order valence-corrected chi connectivity index (χ0v) is 17.8. The summed E-state index contributed by atoms with van der Waals surface area (Å²) in [6.07, 6.45) is 3.60. The van der Waals surface area contributed by atoms with E-state index in [9.17, 15) is 17.2 Å². The predicted molar refractivity (Wildman–Crippen MR) is 108 cm³/mol. The third-order valence-electron chi connectivity index (χ3n) is 2.52. The predicted octanol–water partition coefficient (Wildman–Crippen LogP) is 6.89. The minimum absolute atomic E-state index is 0.161. The van der Waals surface area contributed by atoms with Crippen molar-refractivity contribution in [1.82, 2.24) is 0 Å². The fourth-order valence-corrected chi connectivity index (χ4v) is 2.24. The molecule has 0 aliphatic rings. The molecule has 0 saturated heterocycles. The van der Waals surface area contributed by atoms with Gasteiger partial charge in [-0.05, 0) is 29.8 Å². The van der Waals surface area contributed by atoms with Gasteiger partial charge in [-0.1, -0.05) is 66.5 Å². The van der Waals surface area contributed by atoms with Crippen molar-refractivity contribution in [1.29, 1.82) is 0 Å². The third kappa shape index (κ3) is 10.3. The monoisotopic (exact) mass is 386 g/mol.